The molecule has 0 atom stereocenters. The summed E-state index contributed by atoms with van der Waals surface area (Å²) in [6, 6.07) is 14.0. The van der Waals surface area contributed by atoms with E-state index >= 15 is 0 Å². The number of carbonyl (C=O) groups is 1. The molecule has 3 aromatic rings. The molecule has 6 heteroatoms. The molecule has 0 saturated carbocycles. The van der Waals surface area contributed by atoms with Crippen LogP contribution in [0.5, 0.6) is 0 Å². The zero-order valence-electron chi connectivity index (χ0n) is 14.5. The fraction of sp³-hybridized carbons (Fsp3) is 0.250. The molecule has 1 amide bonds. The van der Waals surface area contributed by atoms with Gasteiger partial charge in [0, 0.05) is 34.7 Å². The zero-order valence-corrected chi connectivity index (χ0v) is 15.4. The topological polar surface area (TPSA) is 54.3 Å². The van der Waals surface area contributed by atoms with Crippen molar-refractivity contribution >= 4 is 28.6 Å². The lowest BCUT2D eigenvalue weighted by molar-refractivity contribution is 0.0927. The largest absolute Gasteiger partial charge is 0.451 e. The average molecular weight is 372 g/mol. The first-order valence-electron chi connectivity index (χ1n) is 8.56. The van der Waals surface area contributed by atoms with E-state index < -0.39 is 0 Å². The number of carbonyl (C=O) groups excluding carboxylic acids is 1. The highest BCUT2D eigenvalue weighted by atomic mass is 32.2. The first kappa shape index (κ1) is 18.5. The van der Waals surface area contributed by atoms with Crippen LogP contribution in [-0.2, 0) is 5.75 Å². The third-order valence-corrected chi connectivity index (χ3v) is 4.98. The standard InChI is InChI=1S/C20H21FN2O2S/c1-2-22-11-12-23-20(24)19-17(16-5-3-4-6-18(16)25-19)13-26-15-9-7-14(21)8-10-15/h3-10,22H,2,11-13H2,1H3,(H,23,24). The highest BCUT2D eigenvalue weighted by Crippen LogP contribution is 2.32. The van der Waals surface area contributed by atoms with Crippen molar-refractivity contribution in [3.05, 3.63) is 65.7 Å². The molecule has 0 aliphatic heterocycles. The zero-order chi connectivity index (χ0) is 18.4. The Morgan fingerprint density at radius 1 is 1.12 bits per heavy atom. The normalized spacial score (nSPS) is 11.0. The molecule has 3 rings (SSSR count). The third kappa shape index (κ3) is 4.45. The lowest BCUT2D eigenvalue weighted by Gasteiger charge is -2.06. The van der Waals surface area contributed by atoms with Crippen LogP contribution in [0.2, 0.25) is 0 Å². The Morgan fingerprint density at radius 3 is 2.65 bits per heavy atom. The molecule has 2 aromatic carbocycles. The highest BCUT2D eigenvalue weighted by Gasteiger charge is 2.20. The number of benzene rings is 2. The summed E-state index contributed by atoms with van der Waals surface area (Å²) in [5.41, 5.74) is 1.55. The fourth-order valence-corrected chi connectivity index (χ4v) is 3.56. The minimum absolute atomic E-state index is 0.214. The second-order valence-corrected chi connectivity index (χ2v) is 6.81. The summed E-state index contributed by atoms with van der Waals surface area (Å²) in [5.74, 6) is 0.438. The third-order valence-electron chi connectivity index (χ3n) is 3.94. The minimum atomic E-state index is -0.260. The number of rotatable bonds is 8. The lowest BCUT2D eigenvalue weighted by Crippen LogP contribution is -2.31. The summed E-state index contributed by atoms with van der Waals surface area (Å²) < 4.78 is 18.9. The average Bonchev–Trinajstić information content (AvgIpc) is 3.03. The summed E-state index contributed by atoms with van der Waals surface area (Å²) in [7, 11) is 0. The maximum atomic E-state index is 13.1. The van der Waals surface area contributed by atoms with Gasteiger partial charge in [0.2, 0.25) is 0 Å². The summed E-state index contributed by atoms with van der Waals surface area (Å²) in [6.45, 7) is 4.13. The number of para-hydroxylation sites is 1. The molecule has 0 bridgehead atoms. The van der Waals surface area contributed by atoms with Gasteiger partial charge in [-0.05, 0) is 36.9 Å². The van der Waals surface area contributed by atoms with Crippen LogP contribution in [0.15, 0.2) is 57.8 Å². The lowest BCUT2D eigenvalue weighted by atomic mass is 10.1. The summed E-state index contributed by atoms with van der Waals surface area (Å²) in [4.78, 5) is 13.5. The maximum Gasteiger partial charge on any atom is 0.287 e. The van der Waals surface area contributed by atoms with Gasteiger partial charge in [-0.25, -0.2) is 4.39 Å². The van der Waals surface area contributed by atoms with Gasteiger partial charge in [-0.15, -0.1) is 11.8 Å². The quantitative estimate of drug-likeness (QED) is 0.460. The molecule has 0 spiro atoms. The van der Waals surface area contributed by atoms with E-state index in [1.54, 1.807) is 23.9 Å². The van der Waals surface area contributed by atoms with E-state index in [0.29, 0.717) is 30.2 Å². The molecule has 4 nitrogen and oxygen atoms in total. The van der Waals surface area contributed by atoms with Crippen LogP contribution in [0.25, 0.3) is 11.0 Å². The fourth-order valence-electron chi connectivity index (χ4n) is 2.63. The Labute approximate surface area is 156 Å². The second kappa shape index (κ2) is 8.87. The first-order chi connectivity index (χ1) is 12.7. The van der Waals surface area contributed by atoms with Crippen LogP contribution in [-0.4, -0.2) is 25.5 Å². The molecule has 0 fully saturated rings. The van der Waals surface area contributed by atoms with Crippen LogP contribution in [0, 0.1) is 5.82 Å². The van der Waals surface area contributed by atoms with Crippen molar-refractivity contribution in [3.8, 4) is 0 Å². The van der Waals surface area contributed by atoms with E-state index in [-0.39, 0.29) is 11.7 Å². The predicted molar refractivity (Wildman–Crippen MR) is 103 cm³/mol. The molecular weight excluding hydrogens is 351 g/mol. The van der Waals surface area contributed by atoms with Crippen molar-refractivity contribution in [1.29, 1.82) is 0 Å². The van der Waals surface area contributed by atoms with Crippen LogP contribution in [0.3, 0.4) is 0 Å². The molecule has 0 aliphatic carbocycles. The maximum absolute atomic E-state index is 13.1. The molecule has 0 aliphatic rings. The Balaban J connectivity index is 1.80. The van der Waals surface area contributed by atoms with Gasteiger partial charge in [0.1, 0.15) is 11.4 Å². The highest BCUT2D eigenvalue weighted by molar-refractivity contribution is 7.98. The van der Waals surface area contributed by atoms with E-state index in [0.717, 1.165) is 22.4 Å². The second-order valence-electron chi connectivity index (χ2n) is 5.76. The van der Waals surface area contributed by atoms with Crippen molar-refractivity contribution in [3.63, 3.8) is 0 Å². The van der Waals surface area contributed by atoms with Crippen LogP contribution in [0.4, 0.5) is 4.39 Å². The number of thioether (sulfide) groups is 1. The van der Waals surface area contributed by atoms with Gasteiger partial charge in [0.25, 0.3) is 5.91 Å². The number of halogens is 1. The number of amides is 1. The molecule has 0 saturated heterocycles. The van der Waals surface area contributed by atoms with Gasteiger partial charge >= 0.3 is 0 Å². The predicted octanol–water partition coefficient (Wildman–Crippen LogP) is 4.20. The summed E-state index contributed by atoms with van der Waals surface area (Å²) in [6.07, 6.45) is 0. The monoisotopic (exact) mass is 372 g/mol. The van der Waals surface area contributed by atoms with Gasteiger partial charge < -0.3 is 15.1 Å². The van der Waals surface area contributed by atoms with E-state index in [1.165, 1.54) is 12.1 Å². The van der Waals surface area contributed by atoms with Gasteiger partial charge in [-0.1, -0.05) is 25.1 Å². The van der Waals surface area contributed by atoms with Gasteiger partial charge in [0.05, 0.1) is 0 Å². The number of likely N-dealkylation sites (N-methyl/N-ethyl adjacent to an activating group) is 1. The Kier molecular flexibility index (Phi) is 6.30. The van der Waals surface area contributed by atoms with E-state index in [4.69, 9.17) is 4.42 Å². The van der Waals surface area contributed by atoms with Crippen molar-refractivity contribution in [2.75, 3.05) is 19.6 Å². The van der Waals surface area contributed by atoms with Crippen LogP contribution in [0.1, 0.15) is 23.0 Å². The van der Waals surface area contributed by atoms with E-state index in [9.17, 15) is 9.18 Å². The molecule has 26 heavy (non-hydrogen) atoms. The smallest absolute Gasteiger partial charge is 0.287 e. The molecule has 1 heterocycles. The molecule has 1 aromatic heterocycles. The Bertz CT molecular complexity index is 877. The SMILES string of the molecule is CCNCCNC(=O)c1oc2ccccc2c1CSc1ccc(F)cc1. The number of nitrogens with one attached hydrogen (secondary N) is 2. The van der Waals surface area contributed by atoms with Crippen molar-refractivity contribution < 1.29 is 13.6 Å². The van der Waals surface area contributed by atoms with Crippen molar-refractivity contribution in [2.45, 2.75) is 17.6 Å². The van der Waals surface area contributed by atoms with Crippen molar-refractivity contribution in [1.82, 2.24) is 10.6 Å². The molecule has 2 N–H and O–H groups in total. The summed E-state index contributed by atoms with van der Waals surface area (Å²) >= 11 is 1.55. The van der Waals surface area contributed by atoms with Gasteiger partial charge in [0.15, 0.2) is 5.76 Å². The number of furan rings is 1. The Hall–Kier alpha value is -2.31. The number of hydrogen-bond donors (Lipinski definition) is 2. The molecule has 0 radical (unpaired) electrons. The molecular formula is C20H21FN2O2S. The minimum Gasteiger partial charge on any atom is -0.451 e. The van der Waals surface area contributed by atoms with Gasteiger partial charge in [-0.3, -0.25) is 4.79 Å². The molecule has 0 unspecified atom stereocenters. The van der Waals surface area contributed by atoms with Crippen molar-refractivity contribution in [2.24, 2.45) is 0 Å². The molecule has 136 valence electrons. The van der Waals surface area contributed by atoms with Crippen LogP contribution < -0.4 is 10.6 Å². The van der Waals surface area contributed by atoms with E-state index in [2.05, 4.69) is 10.6 Å². The number of hydrogen-bond acceptors (Lipinski definition) is 4. The van der Waals surface area contributed by atoms with Crippen LogP contribution >= 0.6 is 11.8 Å². The van der Waals surface area contributed by atoms with Gasteiger partial charge in [-0.2, -0.15) is 0 Å². The van der Waals surface area contributed by atoms with E-state index in [1.807, 2.05) is 31.2 Å². The first-order valence-corrected chi connectivity index (χ1v) is 9.55. The number of fused-ring (bicyclic) bond motifs is 1. The Morgan fingerprint density at radius 2 is 1.88 bits per heavy atom. The summed E-state index contributed by atoms with van der Waals surface area (Å²) in [5, 5.41) is 6.98.